The van der Waals surface area contributed by atoms with E-state index in [0.29, 0.717) is 23.8 Å². The van der Waals surface area contributed by atoms with Crippen LogP contribution in [-0.2, 0) is 6.42 Å². The number of rotatable bonds is 3. The average Bonchev–Trinajstić information content (AvgIpc) is 2.66. The van der Waals surface area contributed by atoms with Gasteiger partial charge in [0, 0.05) is 50.4 Å². The number of ketones is 1. The molecule has 1 aliphatic carbocycles. The molecule has 1 saturated heterocycles. The van der Waals surface area contributed by atoms with Gasteiger partial charge in [0.05, 0.1) is 11.3 Å². The summed E-state index contributed by atoms with van der Waals surface area (Å²) in [6, 6.07) is 7.96. The Morgan fingerprint density at radius 2 is 1.79 bits per heavy atom. The lowest BCUT2D eigenvalue weighted by atomic mass is 9.76. The summed E-state index contributed by atoms with van der Waals surface area (Å²) in [6.45, 7) is 7.65. The zero-order chi connectivity index (χ0) is 19.9. The molecule has 2 aromatic rings. The number of nitrogens with one attached hydrogen (secondary N) is 1. The van der Waals surface area contributed by atoms with Crippen molar-refractivity contribution in [2.45, 2.75) is 26.7 Å². The first-order valence-electron chi connectivity index (χ1n) is 9.74. The van der Waals surface area contributed by atoms with Crippen LogP contribution < -0.4 is 15.1 Å². The summed E-state index contributed by atoms with van der Waals surface area (Å²) >= 11 is 6.13. The number of piperazine rings is 1. The molecule has 1 aliphatic heterocycles. The van der Waals surface area contributed by atoms with Crippen molar-refractivity contribution in [2.24, 2.45) is 5.41 Å². The number of benzene rings is 1. The van der Waals surface area contributed by atoms with E-state index in [1.54, 1.807) is 0 Å². The SMILES string of the molecule is CNc1nc(N2CCN(c3cccc(Cl)c3)CC2)nc2c1C(=O)CC(C)(C)C2. The van der Waals surface area contributed by atoms with Crippen LogP contribution in [0.2, 0.25) is 5.02 Å². The minimum absolute atomic E-state index is 0.0635. The molecule has 2 aliphatic rings. The lowest BCUT2D eigenvalue weighted by Gasteiger charge is -2.37. The molecule has 0 amide bonds. The summed E-state index contributed by atoms with van der Waals surface area (Å²) in [4.78, 5) is 26.7. The van der Waals surface area contributed by atoms with E-state index < -0.39 is 0 Å². The molecule has 0 saturated carbocycles. The minimum atomic E-state index is -0.0635. The van der Waals surface area contributed by atoms with Crippen LogP contribution in [0.4, 0.5) is 17.5 Å². The van der Waals surface area contributed by atoms with Gasteiger partial charge in [-0.3, -0.25) is 4.79 Å². The Hall–Kier alpha value is -2.34. The largest absolute Gasteiger partial charge is 0.372 e. The minimum Gasteiger partial charge on any atom is -0.372 e. The molecule has 0 spiro atoms. The van der Waals surface area contributed by atoms with Gasteiger partial charge < -0.3 is 15.1 Å². The maximum absolute atomic E-state index is 12.6. The van der Waals surface area contributed by atoms with Crippen LogP contribution in [-0.4, -0.2) is 49.0 Å². The Kier molecular flexibility index (Phi) is 4.91. The molecule has 7 heteroatoms. The fourth-order valence-electron chi connectivity index (χ4n) is 4.11. The fourth-order valence-corrected chi connectivity index (χ4v) is 4.30. The molecule has 0 atom stereocenters. The molecule has 1 fully saturated rings. The molecule has 4 rings (SSSR count). The molecular formula is C21H26ClN5O. The maximum atomic E-state index is 12.6. The second-order valence-corrected chi connectivity index (χ2v) is 8.78. The third kappa shape index (κ3) is 3.65. The number of fused-ring (bicyclic) bond motifs is 1. The van der Waals surface area contributed by atoms with Crippen molar-refractivity contribution >= 4 is 34.8 Å². The summed E-state index contributed by atoms with van der Waals surface area (Å²) in [7, 11) is 1.82. The van der Waals surface area contributed by atoms with Crippen LogP contribution in [0.1, 0.15) is 36.3 Å². The number of hydrogen-bond acceptors (Lipinski definition) is 6. The van der Waals surface area contributed by atoms with Crippen molar-refractivity contribution < 1.29 is 4.79 Å². The van der Waals surface area contributed by atoms with Crippen LogP contribution in [0, 0.1) is 5.41 Å². The summed E-state index contributed by atoms with van der Waals surface area (Å²) in [5, 5.41) is 3.86. The van der Waals surface area contributed by atoms with Gasteiger partial charge in [-0.2, -0.15) is 4.98 Å². The predicted molar refractivity (Wildman–Crippen MR) is 114 cm³/mol. The Bertz CT molecular complexity index is 906. The van der Waals surface area contributed by atoms with E-state index in [1.807, 2.05) is 25.2 Å². The smallest absolute Gasteiger partial charge is 0.227 e. The predicted octanol–water partition coefficient (Wildman–Crippen LogP) is 3.65. The monoisotopic (exact) mass is 399 g/mol. The van der Waals surface area contributed by atoms with Crippen molar-refractivity contribution in [1.29, 1.82) is 0 Å². The Labute approximate surface area is 170 Å². The molecule has 0 radical (unpaired) electrons. The normalized spacial score (nSPS) is 18.8. The van der Waals surface area contributed by atoms with Crippen molar-refractivity contribution in [2.75, 3.05) is 48.3 Å². The number of anilines is 3. The van der Waals surface area contributed by atoms with Crippen molar-refractivity contribution in [3.8, 4) is 0 Å². The van der Waals surface area contributed by atoms with Crippen molar-refractivity contribution in [3.63, 3.8) is 0 Å². The van der Waals surface area contributed by atoms with E-state index in [4.69, 9.17) is 16.6 Å². The van der Waals surface area contributed by atoms with Gasteiger partial charge >= 0.3 is 0 Å². The van der Waals surface area contributed by atoms with Gasteiger partial charge in [-0.1, -0.05) is 31.5 Å². The topological polar surface area (TPSA) is 61.4 Å². The Balaban J connectivity index is 1.57. The van der Waals surface area contributed by atoms with Crippen LogP contribution in [0.5, 0.6) is 0 Å². The van der Waals surface area contributed by atoms with E-state index in [2.05, 4.69) is 40.0 Å². The van der Waals surface area contributed by atoms with E-state index in [1.165, 1.54) is 0 Å². The highest BCUT2D eigenvalue weighted by atomic mass is 35.5. The third-order valence-corrected chi connectivity index (χ3v) is 5.74. The Morgan fingerprint density at radius 1 is 1.07 bits per heavy atom. The van der Waals surface area contributed by atoms with E-state index in [9.17, 15) is 4.79 Å². The number of halogens is 1. The van der Waals surface area contributed by atoms with E-state index >= 15 is 0 Å². The van der Waals surface area contributed by atoms with E-state index in [0.717, 1.165) is 49.0 Å². The molecule has 148 valence electrons. The summed E-state index contributed by atoms with van der Waals surface area (Å²) in [5.41, 5.74) is 2.61. The van der Waals surface area contributed by atoms with Crippen LogP contribution >= 0.6 is 11.6 Å². The second-order valence-electron chi connectivity index (χ2n) is 8.34. The number of carbonyl (C=O) groups excluding carboxylic acids is 1. The molecule has 0 bridgehead atoms. The van der Waals surface area contributed by atoms with Gasteiger partial charge in [0.1, 0.15) is 5.82 Å². The van der Waals surface area contributed by atoms with Crippen molar-refractivity contribution in [1.82, 2.24) is 9.97 Å². The second kappa shape index (κ2) is 7.24. The van der Waals surface area contributed by atoms with Gasteiger partial charge in [0.15, 0.2) is 5.78 Å². The molecule has 1 N–H and O–H groups in total. The first-order valence-corrected chi connectivity index (χ1v) is 10.1. The fraction of sp³-hybridized carbons (Fsp3) is 0.476. The first kappa shape index (κ1) is 19.0. The standard InChI is InChI=1S/C21H26ClN5O/c1-21(2)12-16-18(17(28)13-21)19(23-3)25-20(24-16)27-9-7-26(8-10-27)15-6-4-5-14(22)11-15/h4-6,11H,7-10,12-13H2,1-3H3,(H,23,24,25). The third-order valence-electron chi connectivity index (χ3n) is 5.51. The van der Waals surface area contributed by atoms with Gasteiger partial charge in [-0.15, -0.1) is 0 Å². The highest BCUT2D eigenvalue weighted by Crippen LogP contribution is 2.37. The zero-order valence-electron chi connectivity index (χ0n) is 16.6. The lowest BCUT2D eigenvalue weighted by molar-refractivity contribution is 0.0911. The van der Waals surface area contributed by atoms with E-state index in [-0.39, 0.29) is 11.2 Å². The molecule has 1 aromatic heterocycles. The van der Waals surface area contributed by atoms with Gasteiger partial charge in [-0.05, 0) is 30.0 Å². The Morgan fingerprint density at radius 3 is 2.46 bits per heavy atom. The van der Waals surface area contributed by atoms with Gasteiger partial charge in [-0.25, -0.2) is 4.98 Å². The quantitative estimate of drug-likeness (QED) is 0.849. The molecule has 0 unspecified atom stereocenters. The molecule has 28 heavy (non-hydrogen) atoms. The molecule has 6 nitrogen and oxygen atoms in total. The number of aromatic nitrogens is 2. The molecule has 1 aromatic carbocycles. The molecular weight excluding hydrogens is 374 g/mol. The van der Waals surface area contributed by atoms with Crippen molar-refractivity contribution in [3.05, 3.63) is 40.5 Å². The summed E-state index contributed by atoms with van der Waals surface area (Å²) < 4.78 is 0. The maximum Gasteiger partial charge on any atom is 0.227 e. The van der Waals surface area contributed by atoms with Crippen LogP contribution in [0.3, 0.4) is 0 Å². The number of nitrogens with zero attached hydrogens (tertiary/aromatic N) is 4. The number of Topliss-reactive ketones (excluding diaryl/α,β-unsaturated/α-hetero) is 1. The van der Waals surface area contributed by atoms with Gasteiger partial charge in [0.25, 0.3) is 0 Å². The van der Waals surface area contributed by atoms with Gasteiger partial charge in [0.2, 0.25) is 5.95 Å². The lowest BCUT2D eigenvalue weighted by Crippen LogP contribution is -2.47. The van der Waals surface area contributed by atoms with Crippen LogP contribution in [0.25, 0.3) is 0 Å². The highest BCUT2D eigenvalue weighted by Gasteiger charge is 2.35. The average molecular weight is 400 g/mol. The summed E-state index contributed by atoms with van der Waals surface area (Å²) in [6.07, 6.45) is 1.33. The number of hydrogen-bond donors (Lipinski definition) is 1. The molecule has 2 heterocycles. The zero-order valence-corrected chi connectivity index (χ0v) is 17.4. The summed E-state index contributed by atoms with van der Waals surface area (Å²) in [5.74, 6) is 1.49. The number of carbonyl (C=O) groups is 1. The van der Waals surface area contributed by atoms with Crippen LogP contribution in [0.15, 0.2) is 24.3 Å². The first-order chi connectivity index (χ1) is 13.4. The highest BCUT2D eigenvalue weighted by molar-refractivity contribution is 6.30.